The largest absolute Gasteiger partial charge is 0.313 e. The lowest BCUT2D eigenvalue weighted by molar-refractivity contribution is 0.168. The van der Waals surface area contributed by atoms with Gasteiger partial charge in [0, 0.05) is 31.2 Å². The zero-order chi connectivity index (χ0) is 13.8. The summed E-state index contributed by atoms with van der Waals surface area (Å²) in [5.74, 6) is 0.806. The predicted molar refractivity (Wildman–Crippen MR) is 82.5 cm³/mol. The van der Waals surface area contributed by atoms with Crippen LogP contribution in [0.5, 0.6) is 0 Å². The molecule has 4 atom stereocenters. The van der Waals surface area contributed by atoms with Gasteiger partial charge in [0.05, 0.1) is 0 Å². The predicted octanol–water partition coefficient (Wildman–Crippen LogP) is 2.18. The first-order chi connectivity index (χ1) is 9.13. The summed E-state index contributed by atoms with van der Waals surface area (Å²) < 4.78 is 0. The van der Waals surface area contributed by atoms with Crippen molar-refractivity contribution in [1.29, 1.82) is 0 Å². The van der Waals surface area contributed by atoms with E-state index in [-0.39, 0.29) is 0 Å². The number of rotatable bonds is 4. The van der Waals surface area contributed by atoms with Crippen LogP contribution in [-0.4, -0.2) is 61.7 Å². The normalized spacial score (nSPS) is 37.7. The SMILES string of the molecule is CCNC1CCCCCC1N1CC(C)C(N(C)C)C1. The molecule has 4 unspecified atom stereocenters. The Kier molecular flexibility index (Phi) is 5.67. The summed E-state index contributed by atoms with van der Waals surface area (Å²) in [4.78, 5) is 5.21. The second kappa shape index (κ2) is 7.05. The highest BCUT2D eigenvalue weighted by Crippen LogP contribution is 2.29. The second-order valence-corrected chi connectivity index (χ2v) is 6.83. The first-order valence-electron chi connectivity index (χ1n) is 8.27. The van der Waals surface area contributed by atoms with Gasteiger partial charge in [-0.25, -0.2) is 0 Å². The molecule has 0 radical (unpaired) electrons. The Morgan fingerprint density at radius 3 is 2.47 bits per heavy atom. The molecule has 1 saturated carbocycles. The minimum absolute atomic E-state index is 0.723. The van der Waals surface area contributed by atoms with E-state index in [1.165, 1.54) is 45.2 Å². The fraction of sp³-hybridized carbons (Fsp3) is 1.00. The summed E-state index contributed by atoms with van der Waals surface area (Å²) in [6.45, 7) is 8.33. The number of hydrogen-bond acceptors (Lipinski definition) is 3. The van der Waals surface area contributed by atoms with Gasteiger partial charge in [-0.2, -0.15) is 0 Å². The molecule has 0 amide bonds. The van der Waals surface area contributed by atoms with Crippen molar-refractivity contribution >= 4 is 0 Å². The third-order valence-electron chi connectivity index (χ3n) is 5.18. The summed E-state index contributed by atoms with van der Waals surface area (Å²) in [5.41, 5.74) is 0. The van der Waals surface area contributed by atoms with Crippen molar-refractivity contribution in [2.75, 3.05) is 33.7 Å². The molecule has 0 bridgehead atoms. The lowest BCUT2D eigenvalue weighted by Crippen LogP contribution is -2.49. The van der Waals surface area contributed by atoms with Gasteiger partial charge in [-0.1, -0.05) is 33.1 Å². The standard InChI is InChI=1S/C16H33N3/c1-5-17-14-9-7-6-8-10-15(14)19-11-13(2)16(12-19)18(3)4/h13-17H,5-12H2,1-4H3. The van der Waals surface area contributed by atoms with Gasteiger partial charge in [0.1, 0.15) is 0 Å². The van der Waals surface area contributed by atoms with Gasteiger partial charge in [0.25, 0.3) is 0 Å². The highest BCUT2D eigenvalue weighted by molar-refractivity contribution is 4.94. The molecule has 3 heteroatoms. The zero-order valence-electron chi connectivity index (χ0n) is 13.4. The Balaban J connectivity index is 2.01. The molecular weight excluding hydrogens is 234 g/mol. The molecule has 1 aliphatic heterocycles. The van der Waals surface area contributed by atoms with E-state index >= 15 is 0 Å². The van der Waals surface area contributed by atoms with Crippen LogP contribution >= 0.6 is 0 Å². The van der Waals surface area contributed by atoms with Gasteiger partial charge >= 0.3 is 0 Å². The molecule has 1 aliphatic carbocycles. The average molecular weight is 267 g/mol. The minimum Gasteiger partial charge on any atom is -0.313 e. The number of nitrogens with one attached hydrogen (secondary N) is 1. The molecular formula is C16H33N3. The van der Waals surface area contributed by atoms with Gasteiger partial charge in [0.2, 0.25) is 0 Å². The number of likely N-dealkylation sites (tertiary alicyclic amines) is 1. The molecule has 19 heavy (non-hydrogen) atoms. The number of nitrogens with zero attached hydrogens (tertiary/aromatic N) is 2. The van der Waals surface area contributed by atoms with Crippen molar-refractivity contribution in [3.63, 3.8) is 0 Å². The molecule has 2 fully saturated rings. The van der Waals surface area contributed by atoms with E-state index < -0.39 is 0 Å². The monoisotopic (exact) mass is 267 g/mol. The molecule has 112 valence electrons. The number of hydrogen-bond donors (Lipinski definition) is 1. The maximum absolute atomic E-state index is 3.76. The average Bonchev–Trinajstić information content (AvgIpc) is 2.60. The number of likely N-dealkylation sites (N-methyl/N-ethyl adjacent to an activating group) is 2. The van der Waals surface area contributed by atoms with Crippen LogP contribution in [0.15, 0.2) is 0 Å². The first kappa shape index (κ1) is 15.3. The Morgan fingerprint density at radius 2 is 1.84 bits per heavy atom. The van der Waals surface area contributed by atoms with Crippen LogP contribution in [0.25, 0.3) is 0 Å². The molecule has 1 heterocycles. The summed E-state index contributed by atoms with van der Waals surface area (Å²) in [6, 6.07) is 2.24. The van der Waals surface area contributed by atoms with Crippen LogP contribution in [0.1, 0.15) is 46.0 Å². The maximum atomic E-state index is 3.76. The third-order valence-corrected chi connectivity index (χ3v) is 5.18. The van der Waals surface area contributed by atoms with Crippen molar-refractivity contribution in [2.24, 2.45) is 5.92 Å². The van der Waals surface area contributed by atoms with Gasteiger partial charge in [-0.15, -0.1) is 0 Å². The van der Waals surface area contributed by atoms with Gasteiger partial charge < -0.3 is 10.2 Å². The van der Waals surface area contributed by atoms with E-state index in [1.807, 2.05) is 0 Å². The topological polar surface area (TPSA) is 18.5 Å². The van der Waals surface area contributed by atoms with Crippen LogP contribution in [0.2, 0.25) is 0 Å². The summed E-state index contributed by atoms with van der Waals surface area (Å²) in [7, 11) is 4.47. The van der Waals surface area contributed by atoms with Crippen LogP contribution in [-0.2, 0) is 0 Å². The van der Waals surface area contributed by atoms with E-state index in [2.05, 4.69) is 43.1 Å². The molecule has 1 saturated heterocycles. The van der Waals surface area contributed by atoms with Crippen LogP contribution in [0.4, 0.5) is 0 Å². The Hall–Kier alpha value is -0.120. The Morgan fingerprint density at radius 1 is 1.11 bits per heavy atom. The Bertz CT molecular complexity index is 267. The lowest BCUT2D eigenvalue weighted by Gasteiger charge is -2.34. The van der Waals surface area contributed by atoms with Crippen molar-refractivity contribution in [2.45, 2.75) is 64.1 Å². The van der Waals surface area contributed by atoms with Gasteiger partial charge in [0.15, 0.2) is 0 Å². The molecule has 1 N–H and O–H groups in total. The van der Waals surface area contributed by atoms with E-state index in [1.54, 1.807) is 0 Å². The minimum atomic E-state index is 0.723. The van der Waals surface area contributed by atoms with E-state index in [0.29, 0.717) is 0 Å². The molecule has 2 rings (SSSR count). The first-order valence-corrected chi connectivity index (χ1v) is 8.27. The summed E-state index contributed by atoms with van der Waals surface area (Å²) >= 11 is 0. The second-order valence-electron chi connectivity index (χ2n) is 6.83. The van der Waals surface area contributed by atoms with E-state index in [4.69, 9.17) is 0 Å². The molecule has 3 nitrogen and oxygen atoms in total. The summed E-state index contributed by atoms with van der Waals surface area (Å²) in [5, 5.41) is 3.76. The molecule has 0 spiro atoms. The van der Waals surface area contributed by atoms with E-state index in [0.717, 1.165) is 30.6 Å². The van der Waals surface area contributed by atoms with Crippen LogP contribution < -0.4 is 5.32 Å². The zero-order valence-corrected chi connectivity index (χ0v) is 13.4. The van der Waals surface area contributed by atoms with Crippen molar-refractivity contribution in [3.05, 3.63) is 0 Å². The van der Waals surface area contributed by atoms with Crippen molar-refractivity contribution < 1.29 is 0 Å². The molecule has 0 aromatic rings. The fourth-order valence-electron chi connectivity index (χ4n) is 4.15. The highest BCUT2D eigenvalue weighted by atomic mass is 15.3. The van der Waals surface area contributed by atoms with Crippen LogP contribution in [0, 0.1) is 5.92 Å². The third kappa shape index (κ3) is 3.71. The quantitative estimate of drug-likeness (QED) is 0.788. The smallest absolute Gasteiger partial charge is 0.0254 e. The van der Waals surface area contributed by atoms with Gasteiger partial charge in [-0.05, 0) is 39.4 Å². The van der Waals surface area contributed by atoms with Gasteiger partial charge in [-0.3, -0.25) is 4.90 Å². The highest BCUT2D eigenvalue weighted by Gasteiger charge is 2.37. The fourth-order valence-corrected chi connectivity index (χ4v) is 4.15. The molecule has 0 aromatic heterocycles. The molecule has 2 aliphatic rings. The van der Waals surface area contributed by atoms with E-state index in [9.17, 15) is 0 Å². The van der Waals surface area contributed by atoms with Crippen LogP contribution in [0.3, 0.4) is 0 Å². The van der Waals surface area contributed by atoms with Crippen molar-refractivity contribution in [1.82, 2.24) is 15.1 Å². The Labute approximate surface area is 119 Å². The van der Waals surface area contributed by atoms with Crippen molar-refractivity contribution in [3.8, 4) is 0 Å². The lowest BCUT2D eigenvalue weighted by atomic mass is 10.0. The summed E-state index contributed by atoms with van der Waals surface area (Å²) in [6.07, 6.45) is 7.03. The molecule has 0 aromatic carbocycles. The maximum Gasteiger partial charge on any atom is 0.0254 e.